The second kappa shape index (κ2) is 6.45. The van der Waals surface area contributed by atoms with Crippen LogP contribution in [0.5, 0.6) is 0 Å². The molecule has 0 unspecified atom stereocenters. The van der Waals surface area contributed by atoms with Crippen LogP contribution in [-0.2, 0) is 4.79 Å². The van der Waals surface area contributed by atoms with Gasteiger partial charge < -0.3 is 5.11 Å². The van der Waals surface area contributed by atoms with Crippen molar-refractivity contribution in [3.05, 3.63) is 56.5 Å². The van der Waals surface area contributed by atoms with Crippen molar-refractivity contribution < 1.29 is 9.90 Å². The molecule has 5 heteroatoms. The summed E-state index contributed by atoms with van der Waals surface area (Å²) in [5, 5.41) is 9.38. The smallest absolute Gasteiger partial charge is 0.328 e. The van der Waals surface area contributed by atoms with Gasteiger partial charge >= 0.3 is 5.97 Å². The number of thiazole rings is 1. The zero-order valence-electron chi connectivity index (χ0n) is 9.79. The summed E-state index contributed by atoms with van der Waals surface area (Å²) in [5.41, 5.74) is 1.08. The molecule has 0 spiro atoms. The first-order valence-electron chi connectivity index (χ1n) is 5.44. The molecule has 19 heavy (non-hydrogen) atoms. The lowest BCUT2D eigenvalue weighted by atomic mass is 10.2. The van der Waals surface area contributed by atoms with Crippen LogP contribution in [0.3, 0.4) is 0 Å². The normalized spacial score (nSPS) is 11.4. The van der Waals surface area contributed by atoms with Gasteiger partial charge in [0, 0.05) is 21.6 Å². The fraction of sp³-hybridized carbons (Fsp3) is 0. The SMILES string of the molecule is O=C(O)/C=C\c1cnc(/C=C/c2cccc(Br)c2)s1. The third-order valence-corrected chi connectivity index (χ3v) is 3.62. The van der Waals surface area contributed by atoms with Crippen molar-refractivity contribution in [2.75, 3.05) is 0 Å². The number of aromatic nitrogens is 1. The number of hydrogen-bond donors (Lipinski definition) is 1. The van der Waals surface area contributed by atoms with Gasteiger partial charge in [0.2, 0.25) is 0 Å². The topological polar surface area (TPSA) is 50.2 Å². The van der Waals surface area contributed by atoms with Crippen molar-refractivity contribution in [3.63, 3.8) is 0 Å². The summed E-state index contributed by atoms with van der Waals surface area (Å²) in [6, 6.07) is 7.94. The zero-order valence-corrected chi connectivity index (χ0v) is 12.2. The van der Waals surface area contributed by atoms with Gasteiger partial charge in [0.25, 0.3) is 0 Å². The monoisotopic (exact) mass is 335 g/mol. The van der Waals surface area contributed by atoms with E-state index in [1.165, 1.54) is 17.4 Å². The van der Waals surface area contributed by atoms with E-state index in [1.807, 2.05) is 36.4 Å². The van der Waals surface area contributed by atoms with Gasteiger partial charge in [0.15, 0.2) is 0 Å². The minimum Gasteiger partial charge on any atom is -0.478 e. The Bertz CT molecular complexity index is 646. The standard InChI is InChI=1S/C14H10BrNO2S/c15-11-3-1-2-10(8-11)4-6-13-16-9-12(19-13)5-7-14(17)18/h1-9H,(H,17,18)/b6-4+,7-5-. The maximum Gasteiger partial charge on any atom is 0.328 e. The Balaban J connectivity index is 2.09. The van der Waals surface area contributed by atoms with Crippen LogP contribution in [0, 0.1) is 0 Å². The second-order valence-corrected chi connectivity index (χ2v) is 5.67. The first-order valence-corrected chi connectivity index (χ1v) is 7.05. The molecule has 0 atom stereocenters. The molecule has 1 N–H and O–H groups in total. The van der Waals surface area contributed by atoms with Gasteiger partial charge in [-0.3, -0.25) is 0 Å². The van der Waals surface area contributed by atoms with Crippen LogP contribution >= 0.6 is 27.3 Å². The number of carboxylic acids is 1. The van der Waals surface area contributed by atoms with Crippen LogP contribution in [0.1, 0.15) is 15.4 Å². The van der Waals surface area contributed by atoms with Crippen LogP contribution in [0.2, 0.25) is 0 Å². The quantitative estimate of drug-likeness (QED) is 0.853. The van der Waals surface area contributed by atoms with Crippen molar-refractivity contribution in [2.45, 2.75) is 0 Å². The Labute approximate surface area is 123 Å². The molecule has 0 aliphatic carbocycles. The van der Waals surface area contributed by atoms with E-state index in [0.29, 0.717) is 0 Å². The Morgan fingerprint density at radius 3 is 2.89 bits per heavy atom. The molecule has 3 nitrogen and oxygen atoms in total. The van der Waals surface area contributed by atoms with Crippen molar-refractivity contribution in [2.24, 2.45) is 0 Å². The van der Waals surface area contributed by atoms with Gasteiger partial charge in [0.05, 0.1) is 0 Å². The third-order valence-electron chi connectivity index (χ3n) is 2.20. The van der Waals surface area contributed by atoms with E-state index in [4.69, 9.17) is 5.11 Å². The van der Waals surface area contributed by atoms with Crippen molar-refractivity contribution in [1.29, 1.82) is 0 Å². The van der Waals surface area contributed by atoms with Crippen LogP contribution in [0.15, 0.2) is 41.0 Å². The van der Waals surface area contributed by atoms with Crippen LogP contribution < -0.4 is 0 Å². The molecule has 1 aromatic carbocycles. The molecule has 0 fully saturated rings. The number of carbonyl (C=O) groups is 1. The molecule has 1 heterocycles. The van der Waals surface area contributed by atoms with E-state index < -0.39 is 5.97 Å². The van der Waals surface area contributed by atoms with Gasteiger partial charge in [-0.2, -0.15) is 0 Å². The predicted octanol–water partition coefficient (Wildman–Crippen LogP) is 4.17. The maximum atomic E-state index is 10.4. The van der Waals surface area contributed by atoms with E-state index in [-0.39, 0.29) is 0 Å². The van der Waals surface area contributed by atoms with E-state index in [9.17, 15) is 4.79 Å². The average Bonchev–Trinajstić information content (AvgIpc) is 2.82. The lowest BCUT2D eigenvalue weighted by Gasteiger charge is -1.93. The Kier molecular flexibility index (Phi) is 4.65. The molecule has 2 rings (SSSR count). The number of aliphatic carboxylic acids is 1. The number of nitrogens with zero attached hydrogens (tertiary/aromatic N) is 1. The predicted molar refractivity (Wildman–Crippen MR) is 81.9 cm³/mol. The molecular weight excluding hydrogens is 326 g/mol. The summed E-state index contributed by atoms with van der Waals surface area (Å²) in [6.07, 6.45) is 8.18. The molecular formula is C14H10BrNO2S. The summed E-state index contributed by atoms with van der Waals surface area (Å²) < 4.78 is 1.03. The van der Waals surface area contributed by atoms with Gasteiger partial charge in [-0.1, -0.05) is 34.1 Å². The highest BCUT2D eigenvalue weighted by Gasteiger charge is 1.97. The van der Waals surface area contributed by atoms with E-state index in [1.54, 1.807) is 6.20 Å². The molecule has 0 amide bonds. The summed E-state index contributed by atoms with van der Waals surface area (Å²) in [7, 11) is 0. The number of hydrogen-bond acceptors (Lipinski definition) is 3. The number of rotatable bonds is 4. The lowest BCUT2D eigenvalue weighted by molar-refractivity contribution is -0.131. The third kappa shape index (κ3) is 4.46. The molecule has 0 bridgehead atoms. The minimum absolute atomic E-state index is 0.816. The number of carboxylic acid groups (broad SMARTS) is 1. The van der Waals surface area contributed by atoms with Crippen LogP contribution in [0.4, 0.5) is 0 Å². The number of halogens is 1. The second-order valence-electron chi connectivity index (χ2n) is 3.66. The molecule has 0 radical (unpaired) electrons. The van der Waals surface area contributed by atoms with Crippen molar-refractivity contribution in [3.8, 4) is 0 Å². The Hall–Kier alpha value is -1.72. The fourth-order valence-electron chi connectivity index (χ4n) is 1.39. The van der Waals surface area contributed by atoms with E-state index in [2.05, 4.69) is 20.9 Å². The van der Waals surface area contributed by atoms with Crippen molar-refractivity contribution in [1.82, 2.24) is 4.98 Å². The van der Waals surface area contributed by atoms with Crippen LogP contribution in [0.25, 0.3) is 18.2 Å². The van der Waals surface area contributed by atoms with Crippen LogP contribution in [-0.4, -0.2) is 16.1 Å². The molecule has 0 aliphatic heterocycles. The van der Waals surface area contributed by atoms with E-state index >= 15 is 0 Å². The highest BCUT2D eigenvalue weighted by Crippen LogP contribution is 2.18. The molecule has 2 aromatic rings. The average molecular weight is 336 g/mol. The molecule has 0 saturated heterocycles. The Morgan fingerprint density at radius 2 is 2.16 bits per heavy atom. The fourth-order valence-corrected chi connectivity index (χ4v) is 2.53. The maximum absolute atomic E-state index is 10.4. The summed E-state index contributed by atoms with van der Waals surface area (Å²) in [6.45, 7) is 0. The first-order chi connectivity index (χ1) is 9.13. The van der Waals surface area contributed by atoms with E-state index in [0.717, 1.165) is 26.0 Å². The minimum atomic E-state index is -0.959. The van der Waals surface area contributed by atoms with Gasteiger partial charge in [-0.05, 0) is 29.8 Å². The van der Waals surface area contributed by atoms with Gasteiger partial charge in [0.1, 0.15) is 5.01 Å². The first kappa shape index (κ1) is 13.7. The van der Waals surface area contributed by atoms with Gasteiger partial charge in [-0.25, -0.2) is 9.78 Å². The highest BCUT2D eigenvalue weighted by atomic mass is 79.9. The summed E-state index contributed by atoms with van der Waals surface area (Å²) in [5.74, 6) is -0.959. The zero-order chi connectivity index (χ0) is 13.7. The molecule has 0 aliphatic rings. The lowest BCUT2D eigenvalue weighted by Crippen LogP contribution is -1.84. The summed E-state index contributed by atoms with van der Waals surface area (Å²) in [4.78, 5) is 15.4. The molecule has 0 saturated carbocycles. The molecule has 1 aromatic heterocycles. The molecule has 96 valence electrons. The largest absolute Gasteiger partial charge is 0.478 e. The van der Waals surface area contributed by atoms with Gasteiger partial charge in [-0.15, -0.1) is 11.3 Å². The summed E-state index contributed by atoms with van der Waals surface area (Å²) >= 11 is 4.85. The highest BCUT2D eigenvalue weighted by molar-refractivity contribution is 9.10. The van der Waals surface area contributed by atoms with Crippen molar-refractivity contribution >= 4 is 51.5 Å². The number of benzene rings is 1. The Morgan fingerprint density at radius 1 is 1.32 bits per heavy atom.